The summed E-state index contributed by atoms with van der Waals surface area (Å²) in [6, 6.07) is 23.0. The van der Waals surface area contributed by atoms with Crippen LogP contribution in [0.3, 0.4) is 0 Å². The van der Waals surface area contributed by atoms with E-state index in [1.54, 1.807) is 6.07 Å². The minimum absolute atomic E-state index is 0.308. The average Bonchev–Trinajstić information content (AvgIpc) is 3.17. The summed E-state index contributed by atoms with van der Waals surface area (Å²) in [6.45, 7) is 1.81. The molecule has 0 saturated carbocycles. The number of fused-ring (bicyclic) bond motifs is 1. The van der Waals surface area contributed by atoms with Crippen LogP contribution in [-0.2, 0) is 0 Å². The second kappa shape index (κ2) is 7.25. The molecule has 2 aromatic heterocycles. The molecular formula is C22H17N3O2. The third-order valence-electron chi connectivity index (χ3n) is 4.20. The molecule has 0 atom stereocenters. The van der Waals surface area contributed by atoms with Gasteiger partial charge in [-0.3, -0.25) is 9.78 Å². The van der Waals surface area contributed by atoms with Gasteiger partial charge in [-0.05, 0) is 31.2 Å². The number of aromatic nitrogens is 1. The van der Waals surface area contributed by atoms with Gasteiger partial charge in [0.15, 0.2) is 0 Å². The van der Waals surface area contributed by atoms with Crippen LogP contribution >= 0.6 is 0 Å². The zero-order valence-corrected chi connectivity index (χ0v) is 14.7. The molecule has 0 aliphatic carbocycles. The fraction of sp³-hybridized carbons (Fsp3) is 0.0455. The molecule has 2 heterocycles. The van der Waals surface area contributed by atoms with Crippen molar-refractivity contribution in [1.82, 2.24) is 10.4 Å². The van der Waals surface area contributed by atoms with Gasteiger partial charge in [-0.1, -0.05) is 48.5 Å². The maximum Gasteiger partial charge on any atom is 0.273 e. The second-order valence-electron chi connectivity index (χ2n) is 6.08. The highest BCUT2D eigenvalue weighted by Crippen LogP contribution is 2.21. The van der Waals surface area contributed by atoms with Gasteiger partial charge < -0.3 is 4.42 Å². The van der Waals surface area contributed by atoms with Gasteiger partial charge in [-0.25, -0.2) is 5.43 Å². The van der Waals surface area contributed by atoms with E-state index in [4.69, 9.17) is 4.42 Å². The summed E-state index contributed by atoms with van der Waals surface area (Å²) in [5.41, 5.74) is 5.53. The first-order valence-corrected chi connectivity index (χ1v) is 8.56. The summed E-state index contributed by atoms with van der Waals surface area (Å²) >= 11 is 0. The molecule has 4 aromatic rings. The number of aryl methyl sites for hydroxylation is 1. The second-order valence-corrected chi connectivity index (χ2v) is 6.08. The van der Waals surface area contributed by atoms with Crippen molar-refractivity contribution in [2.24, 2.45) is 5.10 Å². The third kappa shape index (κ3) is 3.62. The van der Waals surface area contributed by atoms with Crippen molar-refractivity contribution in [3.8, 4) is 11.3 Å². The number of nitrogens with one attached hydrogen (secondary N) is 1. The zero-order chi connectivity index (χ0) is 18.6. The fourth-order valence-corrected chi connectivity index (χ4v) is 2.84. The Morgan fingerprint density at radius 1 is 1.04 bits per heavy atom. The van der Waals surface area contributed by atoms with Crippen molar-refractivity contribution in [2.45, 2.75) is 6.92 Å². The van der Waals surface area contributed by atoms with Gasteiger partial charge in [-0.15, -0.1) is 0 Å². The molecule has 0 unspecified atom stereocenters. The van der Waals surface area contributed by atoms with Crippen molar-refractivity contribution in [3.05, 3.63) is 89.8 Å². The number of carbonyl (C=O) groups excluding carboxylic acids is 1. The quantitative estimate of drug-likeness (QED) is 0.431. The SMILES string of the molecule is Cc1nc2ccccc2cc1C(=O)N/N=C/c1ccc(-c2ccccc2)o1. The van der Waals surface area contributed by atoms with Crippen LogP contribution < -0.4 is 5.43 Å². The molecule has 4 rings (SSSR count). The van der Waals surface area contributed by atoms with Crippen LogP contribution in [0.5, 0.6) is 0 Å². The minimum Gasteiger partial charge on any atom is -0.455 e. The van der Waals surface area contributed by atoms with Crippen molar-refractivity contribution in [1.29, 1.82) is 0 Å². The van der Waals surface area contributed by atoms with Crippen molar-refractivity contribution in [3.63, 3.8) is 0 Å². The van der Waals surface area contributed by atoms with Crippen LogP contribution in [0.2, 0.25) is 0 Å². The van der Waals surface area contributed by atoms with E-state index in [9.17, 15) is 4.79 Å². The molecule has 0 aliphatic heterocycles. The Morgan fingerprint density at radius 2 is 1.81 bits per heavy atom. The zero-order valence-electron chi connectivity index (χ0n) is 14.7. The van der Waals surface area contributed by atoms with Gasteiger partial charge in [0, 0.05) is 10.9 Å². The van der Waals surface area contributed by atoms with Crippen LogP contribution in [0.4, 0.5) is 0 Å². The van der Waals surface area contributed by atoms with Crippen molar-refractivity contribution < 1.29 is 9.21 Å². The summed E-state index contributed by atoms with van der Waals surface area (Å²) < 4.78 is 5.73. The van der Waals surface area contributed by atoms with Crippen molar-refractivity contribution >= 4 is 23.0 Å². The lowest BCUT2D eigenvalue weighted by molar-refractivity contribution is 0.0954. The van der Waals surface area contributed by atoms with E-state index in [1.165, 1.54) is 6.21 Å². The van der Waals surface area contributed by atoms with Gasteiger partial charge in [0.1, 0.15) is 11.5 Å². The number of benzene rings is 2. The molecule has 27 heavy (non-hydrogen) atoms. The number of hydrazone groups is 1. The van der Waals surface area contributed by atoms with Gasteiger partial charge in [0.2, 0.25) is 0 Å². The van der Waals surface area contributed by atoms with E-state index >= 15 is 0 Å². The first kappa shape index (κ1) is 16.7. The number of rotatable bonds is 4. The Kier molecular flexibility index (Phi) is 4.49. The molecule has 5 nitrogen and oxygen atoms in total. The van der Waals surface area contributed by atoms with Crippen LogP contribution in [0.15, 0.2) is 82.3 Å². The highest BCUT2D eigenvalue weighted by atomic mass is 16.3. The molecule has 0 bridgehead atoms. The van der Waals surface area contributed by atoms with E-state index in [2.05, 4.69) is 15.5 Å². The maximum absolute atomic E-state index is 12.4. The molecule has 5 heteroatoms. The van der Waals surface area contributed by atoms with E-state index in [1.807, 2.05) is 73.7 Å². The minimum atomic E-state index is -0.308. The summed E-state index contributed by atoms with van der Waals surface area (Å²) in [7, 11) is 0. The average molecular weight is 355 g/mol. The largest absolute Gasteiger partial charge is 0.455 e. The summed E-state index contributed by atoms with van der Waals surface area (Å²) in [5, 5.41) is 4.91. The monoisotopic (exact) mass is 355 g/mol. The number of hydrogen-bond acceptors (Lipinski definition) is 4. The first-order chi connectivity index (χ1) is 13.2. The molecular weight excluding hydrogens is 338 g/mol. The van der Waals surface area contributed by atoms with Gasteiger partial charge in [0.05, 0.1) is 23.0 Å². The van der Waals surface area contributed by atoms with Crippen LogP contribution in [0, 0.1) is 6.92 Å². The molecule has 0 saturated heterocycles. The summed E-state index contributed by atoms with van der Waals surface area (Å²) in [4.78, 5) is 16.9. The molecule has 2 aromatic carbocycles. The molecule has 0 spiro atoms. The lowest BCUT2D eigenvalue weighted by Crippen LogP contribution is -2.19. The predicted molar refractivity (Wildman–Crippen MR) is 106 cm³/mol. The third-order valence-corrected chi connectivity index (χ3v) is 4.20. The number of amides is 1. The Hall–Kier alpha value is -3.73. The number of hydrogen-bond donors (Lipinski definition) is 1. The van der Waals surface area contributed by atoms with Crippen LogP contribution in [0.25, 0.3) is 22.2 Å². The van der Waals surface area contributed by atoms with E-state index in [-0.39, 0.29) is 5.91 Å². The molecule has 0 radical (unpaired) electrons. The molecule has 1 N–H and O–H groups in total. The first-order valence-electron chi connectivity index (χ1n) is 8.56. The number of furan rings is 1. The summed E-state index contributed by atoms with van der Waals surface area (Å²) in [6.07, 6.45) is 1.48. The van der Waals surface area contributed by atoms with Gasteiger partial charge in [-0.2, -0.15) is 5.10 Å². The van der Waals surface area contributed by atoms with E-state index in [0.29, 0.717) is 17.0 Å². The number of nitrogens with zero attached hydrogens (tertiary/aromatic N) is 2. The molecule has 1 amide bonds. The smallest absolute Gasteiger partial charge is 0.273 e. The van der Waals surface area contributed by atoms with Crippen LogP contribution in [-0.4, -0.2) is 17.1 Å². The number of carbonyl (C=O) groups is 1. The predicted octanol–water partition coefficient (Wildman–Crippen LogP) is 4.57. The van der Waals surface area contributed by atoms with Crippen LogP contribution in [0.1, 0.15) is 21.8 Å². The Bertz CT molecular complexity index is 1130. The Morgan fingerprint density at radius 3 is 2.67 bits per heavy atom. The highest BCUT2D eigenvalue weighted by Gasteiger charge is 2.11. The normalized spacial score (nSPS) is 11.1. The molecule has 132 valence electrons. The summed E-state index contributed by atoms with van der Waals surface area (Å²) in [5.74, 6) is 0.998. The maximum atomic E-state index is 12.4. The molecule has 0 fully saturated rings. The Balaban J connectivity index is 1.48. The van der Waals surface area contributed by atoms with Gasteiger partial charge >= 0.3 is 0 Å². The standard InChI is InChI=1S/C22H17N3O2/c1-15-19(13-17-9-5-6-10-20(17)24-15)22(26)25-23-14-18-11-12-21(27-18)16-7-3-2-4-8-16/h2-14H,1H3,(H,25,26)/b23-14+. The fourth-order valence-electron chi connectivity index (χ4n) is 2.84. The highest BCUT2D eigenvalue weighted by molar-refractivity contribution is 5.98. The molecule has 0 aliphatic rings. The lowest BCUT2D eigenvalue weighted by Gasteiger charge is -2.05. The van der Waals surface area contributed by atoms with E-state index in [0.717, 1.165) is 22.2 Å². The number of para-hydroxylation sites is 1. The van der Waals surface area contributed by atoms with E-state index < -0.39 is 0 Å². The Labute approximate surface area is 156 Å². The lowest BCUT2D eigenvalue weighted by atomic mass is 10.1. The van der Waals surface area contributed by atoms with Gasteiger partial charge in [0.25, 0.3) is 5.91 Å². The van der Waals surface area contributed by atoms with Crippen molar-refractivity contribution in [2.75, 3.05) is 0 Å². The topological polar surface area (TPSA) is 67.5 Å². The number of pyridine rings is 1.